The lowest BCUT2D eigenvalue weighted by Crippen LogP contribution is -2.49. The number of alkyl halides is 2. The molecule has 0 spiro atoms. The lowest BCUT2D eigenvalue weighted by Gasteiger charge is -2.34. The van der Waals surface area contributed by atoms with E-state index in [-0.39, 0.29) is 35.6 Å². The van der Waals surface area contributed by atoms with Crippen LogP contribution in [0.3, 0.4) is 0 Å². The number of amides is 3. The average molecular weight is 521 g/mol. The number of halogens is 2. The van der Waals surface area contributed by atoms with Crippen molar-refractivity contribution in [2.75, 3.05) is 17.3 Å². The third-order valence-electron chi connectivity index (χ3n) is 6.41. The highest BCUT2D eigenvalue weighted by Gasteiger charge is 2.43. The Hall–Kier alpha value is -3.43. The lowest BCUT2D eigenvalue weighted by atomic mass is 9.98. The Bertz CT molecular complexity index is 1040. The van der Waals surface area contributed by atoms with Gasteiger partial charge in [-0.15, -0.1) is 0 Å². The summed E-state index contributed by atoms with van der Waals surface area (Å²) < 4.78 is 35.6. The number of ether oxygens (including phenoxy) is 2. The molecule has 8 nitrogen and oxygen atoms in total. The number of rotatable bonds is 9. The summed E-state index contributed by atoms with van der Waals surface area (Å²) in [6.45, 7) is 8.83. The van der Waals surface area contributed by atoms with Crippen LogP contribution in [0.1, 0.15) is 65.9 Å². The molecule has 1 aliphatic heterocycles. The lowest BCUT2D eigenvalue weighted by molar-refractivity contribution is -0.120. The van der Waals surface area contributed by atoms with Crippen LogP contribution in [0.25, 0.3) is 0 Å². The van der Waals surface area contributed by atoms with E-state index in [9.17, 15) is 18.4 Å². The van der Waals surface area contributed by atoms with Gasteiger partial charge in [0.2, 0.25) is 18.2 Å². The van der Waals surface area contributed by atoms with E-state index in [0.29, 0.717) is 12.1 Å². The van der Waals surface area contributed by atoms with E-state index >= 15 is 0 Å². The van der Waals surface area contributed by atoms with Crippen molar-refractivity contribution in [3.63, 3.8) is 0 Å². The molecule has 3 unspecified atom stereocenters. The zero-order valence-electron chi connectivity index (χ0n) is 22.6. The zero-order chi connectivity index (χ0) is 27.7. The minimum Gasteiger partial charge on any atom is -0.481 e. The van der Waals surface area contributed by atoms with Gasteiger partial charge in [-0.25, -0.2) is 4.79 Å². The molecule has 1 fully saturated rings. The summed E-state index contributed by atoms with van der Waals surface area (Å²) in [5.74, 6) is -0.273. The van der Waals surface area contributed by atoms with Crippen molar-refractivity contribution in [3.05, 3.63) is 42.0 Å². The number of para-hydroxylation sites is 1. The van der Waals surface area contributed by atoms with Crippen molar-refractivity contribution >= 4 is 23.8 Å². The Kier molecular flexibility index (Phi) is 11.1. The van der Waals surface area contributed by atoms with Gasteiger partial charge in [-0.1, -0.05) is 52.8 Å². The van der Waals surface area contributed by atoms with E-state index in [1.54, 1.807) is 9.80 Å². The minimum atomic E-state index is -3.13. The van der Waals surface area contributed by atoms with Crippen molar-refractivity contribution < 1.29 is 27.8 Å². The average Bonchev–Trinajstić information content (AvgIpc) is 3.21. The molecule has 1 aromatic heterocycles. The minimum absolute atomic E-state index is 0.0191. The Balaban J connectivity index is 0.00000235. The zero-order valence-corrected chi connectivity index (χ0v) is 22.6. The predicted octanol–water partition coefficient (Wildman–Crippen LogP) is 6.28. The SMILES string of the molecule is CC.CCC1CC(N(C(=O)Nc2ccc(OC)nc2OC(F)F)c2ccccc2C(C)C)C(C)N1C=O. The van der Waals surface area contributed by atoms with Crippen LogP contribution in [-0.4, -0.2) is 54.2 Å². The number of methoxy groups -OCH3 is 1. The molecule has 0 saturated carbocycles. The molecule has 204 valence electrons. The predicted molar refractivity (Wildman–Crippen MR) is 141 cm³/mol. The molecule has 3 rings (SSSR count). The van der Waals surface area contributed by atoms with Gasteiger partial charge in [0.1, 0.15) is 5.69 Å². The van der Waals surface area contributed by atoms with Gasteiger partial charge in [-0.3, -0.25) is 9.69 Å². The van der Waals surface area contributed by atoms with Crippen molar-refractivity contribution in [2.45, 2.75) is 85.0 Å². The first-order valence-corrected chi connectivity index (χ1v) is 12.6. The molecular weight excluding hydrogens is 482 g/mol. The molecule has 37 heavy (non-hydrogen) atoms. The van der Waals surface area contributed by atoms with Crippen LogP contribution in [-0.2, 0) is 4.79 Å². The van der Waals surface area contributed by atoms with E-state index in [4.69, 9.17) is 4.74 Å². The molecule has 2 aromatic rings. The molecule has 3 amide bonds. The molecule has 0 aliphatic carbocycles. The van der Waals surface area contributed by atoms with Crippen LogP contribution >= 0.6 is 0 Å². The Morgan fingerprint density at radius 1 is 1.24 bits per heavy atom. The van der Waals surface area contributed by atoms with Crippen LogP contribution in [0.4, 0.5) is 25.0 Å². The molecule has 0 radical (unpaired) electrons. The van der Waals surface area contributed by atoms with Gasteiger partial charge in [-0.2, -0.15) is 13.8 Å². The van der Waals surface area contributed by atoms with E-state index in [2.05, 4.69) is 15.0 Å². The van der Waals surface area contributed by atoms with Gasteiger partial charge in [-0.05, 0) is 43.4 Å². The number of carbonyl (C=O) groups is 2. The third-order valence-corrected chi connectivity index (χ3v) is 6.41. The number of nitrogens with zero attached hydrogens (tertiary/aromatic N) is 3. The second-order valence-corrected chi connectivity index (χ2v) is 8.76. The molecule has 3 atom stereocenters. The van der Waals surface area contributed by atoms with Gasteiger partial charge < -0.3 is 19.7 Å². The van der Waals surface area contributed by atoms with Crippen molar-refractivity contribution in [1.29, 1.82) is 0 Å². The van der Waals surface area contributed by atoms with Crippen molar-refractivity contribution in [3.8, 4) is 11.8 Å². The number of pyridine rings is 1. The smallest absolute Gasteiger partial charge is 0.388 e. The second-order valence-electron chi connectivity index (χ2n) is 8.76. The van der Waals surface area contributed by atoms with Crippen molar-refractivity contribution in [1.82, 2.24) is 9.88 Å². The maximum absolute atomic E-state index is 13.8. The number of benzene rings is 1. The molecule has 1 N–H and O–H groups in total. The summed E-state index contributed by atoms with van der Waals surface area (Å²) in [6.07, 6.45) is 2.15. The number of carbonyl (C=O) groups excluding carboxylic acids is 2. The molecule has 1 aromatic carbocycles. The second kappa shape index (κ2) is 13.8. The molecule has 1 saturated heterocycles. The van der Waals surface area contributed by atoms with E-state index in [1.165, 1.54) is 19.2 Å². The summed E-state index contributed by atoms with van der Waals surface area (Å²) in [5, 5.41) is 2.70. The summed E-state index contributed by atoms with van der Waals surface area (Å²) in [6, 6.07) is 9.25. The van der Waals surface area contributed by atoms with Gasteiger partial charge >= 0.3 is 12.6 Å². The highest BCUT2D eigenvalue weighted by atomic mass is 19.3. The Morgan fingerprint density at radius 3 is 2.46 bits per heavy atom. The van der Waals surface area contributed by atoms with E-state index in [1.807, 2.05) is 65.8 Å². The van der Waals surface area contributed by atoms with Crippen LogP contribution in [0.5, 0.6) is 11.8 Å². The number of hydrogen-bond acceptors (Lipinski definition) is 5. The number of aromatic nitrogens is 1. The van der Waals surface area contributed by atoms with Crippen LogP contribution < -0.4 is 19.7 Å². The summed E-state index contributed by atoms with van der Waals surface area (Å²) in [5.41, 5.74) is 1.62. The van der Waals surface area contributed by atoms with Crippen LogP contribution in [0, 0.1) is 0 Å². The number of hydrogen-bond donors (Lipinski definition) is 1. The first-order chi connectivity index (χ1) is 17.7. The third kappa shape index (κ3) is 6.87. The number of likely N-dealkylation sites (tertiary alicyclic amines) is 1. The highest BCUT2D eigenvalue weighted by Crippen LogP contribution is 2.37. The fraction of sp³-hybridized carbons (Fsp3) is 0.519. The van der Waals surface area contributed by atoms with Gasteiger partial charge in [0.15, 0.2) is 0 Å². The quantitative estimate of drug-likeness (QED) is 0.394. The summed E-state index contributed by atoms with van der Waals surface area (Å²) in [7, 11) is 1.35. The maximum Gasteiger partial charge on any atom is 0.388 e. The van der Waals surface area contributed by atoms with Crippen molar-refractivity contribution in [2.24, 2.45) is 0 Å². The molecule has 0 bridgehead atoms. The monoisotopic (exact) mass is 520 g/mol. The first-order valence-electron chi connectivity index (χ1n) is 12.6. The maximum atomic E-state index is 13.8. The number of nitrogens with one attached hydrogen (secondary N) is 1. The van der Waals surface area contributed by atoms with Gasteiger partial charge in [0.25, 0.3) is 0 Å². The van der Waals surface area contributed by atoms with E-state index < -0.39 is 18.5 Å². The first kappa shape index (κ1) is 29.8. The topological polar surface area (TPSA) is 84.0 Å². The number of urea groups is 1. The fourth-order valence-corrected chi connectivity index (χ4v) is 4.63. The summed E-state index contributed by atoms with van der Waals surface area (Å²) >= 11 is 0. The highest BCUT2D eigenvalue weighted by molar-refractivity contribution is 6.03. The van der Waals surface area contributed by atoms with Gasteiger partial charge in [0.05, 0.1) is 13.2 Å². The van der Waals surface area contributed by atoms with Gasteiger partial charge in [0, 0.05) is 23.8 Å². The molecular formula is C27H38F2N4O4. The summed E-state index contributed by atoms with van der Waals surface area (Å²) in [4.78, 5) is 32.9. The normalized spacial score (nSPS) is 18.8. The molecule has 1 aliphatic rings. The number of anilines is 2. The van der Waals surface area contributed by atoms with E-state index in [0.717, 1.165) is 18.4 Å². The largest absolute Gasteiger partial charge is 0.481 e. The standard InChI is InChI=1S/C25H32F2N4O4.C2H6/c1-6-17-13-21(16(4)30(17)14-32)31(20-10-8-7-9-18(20)15(2)3)25(33)28-19-11-12-22(34-5)29-23(19)35-24(26)27;1-2/h7-12,14-17,21,24H,6,13H2,1-5H3,(H,28,33);1-2H3. The Labute approximate surface area is 217 Å². The molecule has 2 heterocycles. The Morgan fingerprint density at radius 2 is 1.92 bits per heavy atom. The fourth-order valence-electron chi connectivity index (χ4n) is 4.63. The molecule has 10 heteroatoms. The van der Waals surface area contributed by atoms with Crippen LogP contribution in [0.15, 0.2) is 36.4 Å². The van der Waals surface area contributed by atoms with Crippen LogP contribution in [0.2, 0.25) is 0 Å².